The summed E-state index contributed by atoms with van der Waals surface area (Å²) >= 11 is 12.4. The second-order valence-electron chi connectivity index (χ2n) is 6.21. The van der Waals surface area contributed by atoms with E-state index < -0.39 is 0 Å². The summed E-state index contributed by atoms with van der Waals surface area (Å²) in [5.41, 5.74) is 2.27. The maximum absolute atomic E-state index is 6.31. The van der Waals surface area contributed by atoms with Gasteiger partial charge in [0.05, 0.1) is 29.8 Å². The quantitative estimate of drug-likeness (QED) is 0.787. The Morgan fingerprint density at radius 2 is 1.69 bits per heavy atom. The van der Waals surface area contributed by atoms with Crippen molar-refractivity contribution in [3.8, 4) is 11.5 Å². The lowest BCUT2D eigenvalue weighted by molar-refractivity contribution is 0.198. The first-order valence-corrected chi connectivity index (χ1v) is 9.60. The Balaban J connectivity index is 2.04. The molecule has 6 heteroatoms. The maximum Gasteiger partial charge on any atom is 0.161 e. The van der Waals surface area contributed by atoms with E-state index in [9.17, 15) is 0 Å². The van der Waals surface area contributed by atoms with Gasteiger partial charge in [-0.2, -0.15) is 0 Å². The number of hydrogen-bond acceptors (Lipinski definition) is 4. The maximum atomic E-state index is 6.31. The summed E-state index contributed by atoms with van der Waals surface area (Å²) in [5, 5.41) is 4.55. The van der Waals surface area contributed by atoms with Crippen LogP contribution < -0.4 is 14.8 Å². The fourth-order valence-electron chi connectivity index (χ4n) is 3.37. The van der Waals surface area contributed by atoms with Crippen LogP contribution in [0, 0.1) is 0 Å². The standard InChI is InChI=1S/C20H24Cl2N2O2/c1-3-26-19-13-15(5-7-18(19)25-2)20(24-10-8-23-9-11-24)14-4-6-16(21)17(22)12-14/h4-7,12-13,20,23H,3,8-11H2,1-2H3. The highest BCUT2D eigenvalue weighted by molar-refractivity contribution is 6.42. The number of ether oxygens (including phenoxy) is 2. The van der Waals surface area contributed by atoms with Gasteiger partial charge in [-0.1, -0.05) is 35.3 Å². The fourth-order valence-corrected chi connectivity index (χ4v) is 3.68. The highest BCUT2D eigenvalue weighted by atomic mass is 35.5. The third kappa shape index (κ3) is 4.26. The van der Waals surface area contributed by atoms with E-state index in [1.54, 1.807) is 7.11 Å². The van der Waals surface area contributed by atoms with Crippen LogP contribution >= 0.6 is 23.2 Å². The van der Waals surface area contributed by atoms with Crippen LogP contribution in [0.4, 0.5) is 0 Å². The summed E-state index contributed by atoms with van der Waals surface area (Å²) in [5.74, 6) is 1.50. The van der Waals surface area contributed by atoms with Crippen LogP contribution in [0.15, 0.2) is 36.4 Å². The Hall–Kier alpha value is -1.46. The zero-order valence-corrected chi connectivity index (χ0v) is 16.6. The molecule has 0 radical (unpaired) electrons. The molecule has 1 fully saturated rings. The molecule has 1 N–H and O–H groups in total. The predicted octanol–water partition coefficient (Wildman–Crippen LogP) is 4.40. The number of nitrogens with one attached hydrogen (secondary N) is 1. The van der Waals surface area contributed by atoms with Crippen LogP contribution in [-0.2, 0) is 0 Å². The number of benzene rings is 2. The SMILES string of the molecule is CCOc1cc(C(c2ccc(Cl)c(Cl)c2)N2CCNCC2)ccc1OC. The summed E-state index contributed by atoms with van der Waals surface area (Å²) in [7, 11) is 1.66. The molecule has 0 aromatic heterocycles. The summed E-state index contributed by atoms with van der Waals surface area (Å²) in [6, 6.07) is 12.1. The van der Waals surface area contributed by atoms with Crippen LogP contribution in [0.1, 0.15) is 24.1 Å². The number of nitrogens with zero attached hydrogens (tertiary/aromatic N) is 1. The molecule has 1 unspecified atom stereocenters. The molecule has 0 amide bonds. The second-order valence-corrected chi connectivity index (χ2v) is 7.02. The summed E-state index contributed by atoms with van der Waals surface area (Å²) in [4.78, 5) is 2.45. The largest absolute Gasteiger partial charge is 0.493 e. The average molecular weight is 395 g/mol. The monoisotopic (exact) mass is 394 g/mol. The minimum atomic E-state index is 0.0805. The van der Waals surface area contributed by atoms with Gasteiger partial charge in [0.2, 0.25) is 0 Å². The molecule has 2 aromatic rings. The molecule has 1 saturated heterocycles. The highest BCUT2D eigenvalue weighted by Gasteiger charge is 2.25. The van der Waals surface area contributed by atoms with Gasteiger partial charge in [-0.3, -0.25) is 4.90 Å². The Labute approximate surface area is 165 Å². The Kier molecular flexibility index (Phi) is 6.65. The second kappa shape index (κ2) is 8.96. The van der Waals surface area contributed by atoms with E-state index in [0.29, 0.717) is 16.7 Å². The molecular weight excluding hydrogens is 371 g/mol. The van der Waals surface area contributed by atoms with Gasteiger partial charge in [-0.05, 0) is 42.3 Å². The molecule has 1 heterocycles. The lowest BCUT2D eigenvalue weighted by Crippen LogP contribution is -2.45. The van der Waals surface area contributed by atoms with Crippen LogP contribution in [-0.4, -0.2) is 44.8 Å². The van der Waals surface area contributed by atoms with Crippen LogP contribution in [0.2, 0.25) is 10.0 Å². The van der Waals surface area contributed by atoms with Crippen LogP contribution in [0.25, 0.3) is 0 Å². The van der Waals surface area contributed by atoms with Crippen molar-refractivity contribution in [3.63, 3.8) is 0 Å². The summed E-state index contributed by atoms with van der Waals surface area (Å²) in [6.45, 7) is 6.41. The van der Waals surface area contributed by atoms with E-state index in [2.05, 4.69) is 22.3 Å². The smallest absolute Gasteiger partial charge is 0.161 e. The summed E-state index contributed by atoms with van der Waals surface area (Å²) in [6.07, 6.45) is 0. The Morgan fingerprint density at radius 3 is 2.35 bits per heavy atom. The number of hydrogen-bond donors (Lipinski definition) is 1. The molecule has 0 aliphatic carbocycles. The minimum Gasteiger partial charge on any atom is -0.493 e. The number of methoxy groups -OCH3 is 1. The Bertz CT molecular complexity index is 749. The van der Waals surface area contributed by atoms with E-state index >= 15 is 0 Å². The molecule has 140 valence electrons. The topological polar surface area (TPSA) is 33.7 Å². The zero-order valence-electron chi connectivity index (χ0n) is 15.1. The van der Waals surface area contributed by atoms with E-state index in [1.165, 1.54) is 0 Å². The van der Waals surface area contributed by atoms with Crippen molar-refractivity contribution in [2.45, 2.75) is 13.0 Å². The molecule has 1 aliphatic rings. The third-order valence-electron chi connectivity index (χ3n) is 4.58. The van der Waals surface area contributed by atoms with Gasteiger partial charge in [0.25, 0.3) is 0 Å². The first-order valence-electron chi connectivity index (χ1n) is 8.84. The highest BCUT2D eigenvalue weighted by Crippen LogP contribution is 2.37. The van der Waals surface area contributed by atoms with E-state index in [1.807, 2.05) is 31.2 Å². The first kappa shape index (κ1) is 19.3. The van der Waals surface area contributed by atoms with Crippen molar-refractivity contribution in [1.82, 2.24) is 10.2 Å². The molecule has 0 bridgehead atoms. The van der Waals surface area contributed by atoms with E-state index in [4.69, 9.17) is 32.7 Å². The lowest BCUT2D eigenvalue weighted by Gasteiger charge is -2.36. The van der Waals surface area contributed by atoms with Gasteiger partial charge < -0.3 is 14.8 Å². The van der Waals surface area contributed by atoms with Crippen molar-refractivity contribution in [3.05, 3.63) is 57.6 Å². The van der Waals surface area contributed by atoms with E-state index in [0.717, 1.165) is 48.8 Å². The number of piperazine rings is 1. The van der Waals surface area contributed by atoms with Gasteiger partial charge in [0.1, 0.15) is 0 Å². The molecule has 2 aromatic carbocycles. The Morgan fingerprint density at radius 1 is 1.00 bits per heavy atom. The van der Waals surface area contributed by atoms with Crippen LogP contribution in [0.5, 0.6) is 11.5 Å². The zero-order chi connectivity index (χ0) is 18.5. The molecular formula is C20H24Cl2N2O2. The predicted molar refractivity (Wildman–Crippen MR) is 107 cm³/mol. The van der Waals surface area contributed by atoms with Crippen molar-refractivity contribution in [1.29, 1.82) is 0 Å². The van der Waals surface area contributed by atoms with Crippen molar-refractivity contribution in [2.24, 2.45) is 0 Å². The van der Waals surface area contributed by atoms with Gasteiger partial charge in [-0.25, -0.2) is 0 Å². The van der Waals surface area contributed by atoms with Crippen molar-refractivity contribution >= 4 is 23.2 Å². The molecule has 0 spiro atoms. The van der Waals surface area contributed by atoms with Crippen molar-refractivity contribution < 1.29 is 9.47 Å². The first-order chi connectivity index (χ1) is 12.6. The number of halogens is 2. The molecule has 26 heavy (non-hydrogen) atoms. The van der Waals surface area contributed by atoms with Gasteiger partial charge in [0.15, 0.2) is 11.5 Å². The van der Waals surface area contributed by atoms with Gasteiger partial charge in [-0.15, -0.1) is 0 Å². The van der Waals surface area contributed by atoms with Crippen molar-refractivity contribution in [2.75, 3.05) is 39.9 Å². The van der Waals surface area contributed by atoms with E-state index in [-0.39, 0.29) is 6.04 Å². The molecule has 0 saturated carbocycles. The summed E-state index contributed by atoms with van der Waals surface area (Å²) < 4.78 is 11.2. The lowest BCUT2D eigenvalue weighted by atomic mass is 9.96. The molecule has 3 rings (SSSR count). The number of rotatable bonds is 6. The molecule has 1 atom stereocenters. The minimum absolute atomic E-state index is 0.0805. The molecule has 1 aliphatic heterocycles. The fraction of sp³-hybridized carbons (Fsp3) is 0.400. The van der Waals surface area contributed by atoms with Gasteiger partial charge in [0, 0.05) is 26.2 Å². The third-order valence-corrected chi connectivity index (χ3v) is 5.32. The van der Waals surface area contributed by atoms with Crippen LogP contribution in [0.3, 0.4) is 0 Å². The normalized spacial score (nSPS) is 16.3. The van der Waals surface area contributed by atoms with Gasteiger partial charge >= 0.3 is 0 Å². The molecule has 4 nitrogen and oxygen atoms in total. The average Bonchev–Trinajstić information content (AvgIpc) is 2.66.